The number of unbranched alkanes of at least 4 members (excludes halogenated alkanes) is 6. The minimum Gasteiger partial charge on any atom is -0.391 e. The van der Waals surface area contributed by atoms with Gasteiger partial charge in [0.2, 0.25) is 35.4 Å². The zero-order chi connectivity index (χ0) is 32.5. The van der Waals surface area contributed by atoms with E-state index in [2.05, 4.69) is 28.2 Å². The molecule has 0 aromatic heterocycles. The van der Waals surface area contributed by atoms with Crippen molar-refractivity contribution in [3.8, 4) is 0 Å². The molecule has 1 rings (SSSR count). The number of nitrogens with zero attached hydrogens (tertiary/aromatic N) is 1. The normalized spacial score (nSPS) is 18.0. The first kappa shape index (κ1) is 37.5. The third-order valence-corrected chi connectivity index (χ3v) is 7.30. The summed E-state index contributed by atoms with van der Waals surface area (Å²) in [5.41, 5.74) is 5.18. The van der Waals surface area contributed by atoms with Crippen LogP contribution >= 0.6 is 0 Å². The Labute approximate surface area is 253 Å². The van der Waals surface area contributed by atoms with Crippen LogP contribution < -0.4 is 27.0 Å². The van der Waals surface area contributed by atoms with Crippen LogP contribution in [-0.4, -0.2) is 94.6 Å². The summed E-state index contributed by atoms with van der Waals surface area (Å²) in [5.74, 6) is -4.10. The molecular weight excluding hydrogens is 560 g/mol. The fourth-order valence-corrected chi connectivity index (χ4v) is 4.80. The summed E-state index contributed by atoms with van der Waals surface area (Å²) >= 11 is 0. The molecule has 14 heteroatoms. The van der Waals surface area contributed by atoms with Crippen molar-refractivity contribution in [2.45, 2.75) is 135 Å². The van der Waals surface area contributed by atoms with E-state index in [0.717, 1.165) is 25.7 Å². The molecule has 14 nitrogen and oxygen atoms in total. The molecule has 0 saturated carbocycles. The Balaban J connectivity index is 2.74. The number of likely N-dealkylation sites (tertiary alicyclic amines) is 1. The third-order valence-electron chi connectivity index (χ3n) is 7.30. The number of nitrogens with one attached hydrogen (secondary N) is 4. The molecule has 0 spiro atoms. The van der Waals surface area contributed by atoms with Gasteiger partial charge in [0.25, 0.3) is 0 Å². The van der Waals surface area contributed by atoms with Crippen LogP contribution in [0.15, 0.2) is 0 Å². The molecule has 1 aliphatic rings. The van der Waals surface area contributed by atoms with Gasteiger partial charge in [-0.1, -0.05) is 45.4 Å². The van der Waals surface area contributed by atoms with E-state index in [0.29, 0.717) is 32.1 Å². The highest BCUT2D eigenvalue weighted by molar-refractivity contribution is 5.97. The fourth-order valence-electron chi connectivity index (χ4n) is 4.80. The largest absolute Gasteiger partial charge is 0.391 e. The average molecular weight is 611 g/mol. The first-order valence-corrected chi connectivity index (χ1v) is 15.2. The standard InChI is InChI=1S/C29H50N6O8/c1-5-6-7-8-9-10-11-14-24(39)35-15-12-13-22(35)28(42)34-25(20(4)37)29(43)32-19(3)26(40)33-21(16-23(30)38)27(41)31-18(2)17-36/h17-22,25,37H,5-16H2,1-4H3,(H2,30,38)(H,31,41)(H,32,43)(H,33,40)(H,34,42)/t18-,19-,20-,21-,22-,25-/m0/s1. The first-order valence-electron chi connectivity index (χ1n) is 15.2. The third kappa shape index (κ3) is 13.5. The van der Waals surface area contributed by atoms with Crippen molar-refractivity contribution in [1.29, 1.82) is 0 Å². The fraction of sp³-hybridized carbons (Fsp3) is 0.759. The lowest BCUT2D eigenvalue weighted by Crippen LogP contribution is -2.60. The number of hydrogen-bond acceptors (Lipinski definition) is 8. The van der Waals surface area contributed by atoms with Crippen molar-refractivity contribution in [2.75, 3.05) is 6.54 Å². The van der Waals surface area contributed by atoms with Crippen LogP contribution in [0.4, 0.5) is 0 Å². The lowest BCUT2D eigenvalue weighted by atomic mass is 10.1. The Morgan fingerprint density at radius 2 is 1.51 bits per heavy atom. The highest BCUT2D eigenvalue weighted by Crippen LogP contribution is 2.20. The number of primary amides is 1. The molecule has 6 amide bonds. The number of aliphatic hydroxyl groups excluding tert-OH is 1. The number of nitrogens with two attached hydrogens (primary N) is 1. The zero-order valence-corrected chi connectivity index (χ0v) is 25.9. The molecule has 244 valence electrons. The second kappa shape index (κ2) is 19.6. The van der Waals surface area contributed by atoms with Crippen LogP contribution in [0.2, 0.25) is 0 Å². The maximum atomic E-state index is 13.1. The van der Waals surface area contributed by atoms with Gasteiger partial charge in [-0.15, -0.1) is 0 Å². The van der Waals surface area contributed by atoms with E-state index in [1.165, 1.54) is 44.9 Å². The highest BCUT2D eigenvalue weighted by Gasteiger charge is 2.37. The molecule has 7 N–H and O–H groups in total. The number of hydrogen-bond donors (Lipinski definition) is 6. The minimum atomic E-state index is -1.43. The van der Waals surface area contributed by atoms with Gasteiger partial charge >= 0.3 is 0 Å². The van der Waals surface area contributed by atoms with Crippen LogP contribution in [0.25, 0.3) is 0 Å². The zero-order valence-electron chi connectivity index (χ0n) is 25.9. The number of rotatable bonds is 20. The van der Waals surface area contributed by atoms with Crippen molar-refractivity contribution in [3.05, 3.63) is 0 Å². The molecule has 1 fully saturated rings. The Morgan fingerprint density at radius 3 is 2.09 bits per heavy atom. The molecule has 0 radical (unpaired) electrons. The van der Waals surface area contributed by atoms with Crippen LogP contribution in [0, 0.1) is 0 Å². The van der Waals surface area contributed by atoms with Gasteiger partial charge in [0.15, 0.2) is 0 Å². The van der Waals surface area contributed by atoms with E-state index in [-0.39, 0.29) is 5.91 Å². The van der Waals surface area contributed by atoms with Crippen molar-refractivity contribution in [1.82, 2.24) is 26.2 Å². The average Bonchev–Trinajstić information content (AvgIpc) is 3.44. The van der Waals surface area contributed by atoms with Gasteiger partial charge in [-0.2, -0.15) is 0 Å². The van der Waals surface area contributed by atoms with Gasteiger partial charge in [-0.05, 0) is 40.0 Å². The number of carbonyl (C=O) groups is 7. The summed E-state index contributed by atoms with van der Waals surface area (Å²) in [6.07, 6.45) is 7.44. The van der Waals surface area contributed by atoms with Crippen molar-refractivity contribution in [3.63, 3.8) is 0 Å². The van der Waals surface area contributed by atoms with Gasteiger partial charge in [0.1, 0.15) is 30.5 Å². The molecule has 0 aromatic rings. The van der Waals surface area contributed by atoms with Gasteiger partial charge in [-0.3, -0.25) is 28.8 Å². The summed E-state index contributed by atoms with van der Waals surface area (Å²) in [5, 5.41) is 19.8. The van der Waals surface area contributed by atoms with Crippen LogP contribution in [0.5, 0.6) is 0 Å². The second-order valence-electron chi connectivity index (χ2n) is 11.2. The predicted molar refractivity (Wildman–Crippen MR) is 158 cm³/mol. The van der Waals surface area contributed by atoms with Crippen molar-refractivity contribution in [2.24, 2.45) is 5.73 Å². The van der Waals surface area contributed by atoms with Crippen LogP contribution in [-0.2, 0) is 33.6 Å². The summed E-state index contributed by atoms with van der Waals surface area (Å²) in [4.78, 5) is 87.8. The Bertz CT molecular complexity index is 975. The predicted octanol–water partition coefficient (Wildman–Crippen LogP) is -0.448. The molecule has 43 heavy (non-hydrogen) atoms. The maximum Gasteiger partial charge on any atom is 0.245 e. The number of amides is 6. The van der Waals surface area contributed by atoms with Crippen LogP contribution in [0.1, 0.15) is 98.3 Å². The van der Waals surface area contributed by atoms with Gasteiger partial charge < -0.3 is 41.8 Å². The van der Waals surface area contributed by atoms with Crippen LogP contribution in [0.3, 0.4) is 0 Å². The van der Waals surface area contributed by atoms with Crippen molar-refractivity contribution >= 4 is 41.7 Å². The SMILES string of the molecule is CCCCCCCCCC(=O)N1CCC[C@H]1C(=O)N[C@H](C(=O)N[C@@H](C)C(=O)N[C@@H](CC(N)=O)C(=O)N[C@@H](C)C=O)[C@H](C)O. The summed E-state index contributed by atoms with van der Waals surface area (Å²) in [7, 11) is 0. The lowest BCUT2D eigenvalue weighted by molar-refractivity contribution is -0.140. The summed E-state index contributed by atoms with van der Waals surface area (Å²) in [6.45, 7) is 6.60. The van der Waals surface area contributed by atoms with E-state index >= 15 is 0 Å². The molecule has 0 aliphatic carbocycles. The van der Waals surface area contributed by atoms with E-state index in [4.69, 9.17) is 5.73 Å². The van der Waals surface area contributed by atoms with E-state index < -0.39 is 72.3 Å². The highest BCUT2D eigenvalue weighted by atomic mass is 16.3. The van der Waals surface area contributed by atoms with E-state index in [1.54, 1.807) is 0 Å². The number of carbonyl (C=O) groups excluding carboxylic acids is 7. The van der Waals surface area contributed by atoms with E-state index in [9.17, 15) is 38.7 Å². The molecule has 0 aromatic carbocycles. The van der Waals surface area contributed by atoms with Crippen molar-refractivity contribution < 1.29 is 38.7 Å². The molecule has 1 saturated heterocycles. The molecule has 1 heterocycles. The molecule has 1 aliphatic heterocycles. The lowest BCUT2D eigenvalue weighted by Gasteiger charge is -2.28. The van der Waals surface area contributed by atoms with Gasteiger partial charge in [0, 0.05) is 13.0 Å². The summed E-state index contributed by atoms with van der Waals surface area (Å²) in [6, 6.07) is -5.72. The Kier molecular flexibility index (Phi) is 17.1. The topological polar surface area (TPSA) is 217 Å². The molecule has 0 bridgehead atoms. The number of aliphatic hydroxyl groups is 1. The minimum absolute atomic E-state index is 0.119. The Hall–Kier alpha value is -3.55. The van der Waals surface area contributed by atoms with Gasteiger partial charge in [0.05, 0.1) is 18.6 Å². The molecule has 6 atom stereocenters. The molecular formula is C29H50N6O8. The van der Waals surface area contributed by atoms with E-state index in [1.807, 2.05) is 0 Å². The Morgan fingerprint density at radius 1 is 0.884 bits per heavy atom. The quantitative estimate of drug-likeness (QED) is 0.0782. The second-order valence-corrected chi connectivity index (χ2v) is 11.2. The maximum absolute atomic E-state index is 13.1. The summed E-state index contributed by atoms with van der Waals surface area (Å²) < 4.78 is 0. The van der Waals surface area contributed by atoms with Gasteiger partial charge in [-0.25, -0.2) is 0 Å². The number of aldehydes is 1. The first-order chi connectivity index (χ1) is 20.3. The molecule has 0 unspecified atom stereocenters. The monoisotopic (exact) mass is 610 g/mol. The smallest absolute Gasteiger partial charge is 0.245 e.